The molecular weight excluding hydrogens is 372 g/mol. The largest absolute Gasteiger partial charge is 0.280 e. The Labute approximate surface area is 155 Å². The van der Waals surface area contributed by atoms with Gasteiger partial charge in [-0.05, 0) is 55.2 Å². The van der Waals surface area contributed by atoms with Crippen LogP contribution in [0.1, 0.15) is 19.8 Å². The molecule has 140 valence electrons. The molecule has 0 aliphatic carbocycles. The number of hydrogen-bond donors (Lipinski definition) is 1. The average molecular weight is 395 g/mol. The first-order valence-electron chi connectivity index (χ1n) is 8.47. The Morgan fingerprint density at radius 2 is 1.42 bits per heavy atom. The van der Waals surface area contributed by atoms with Gasteiger partial charge in [0.25, 0.3) is 10.0 Å². The second-order valence-electron chi connectivity index (χ2n) is 6.53. The van der Waals surface area contributed by atoms with Gasteiger partial charge in [-0.3, -0.25) is 4.72 Å². The summed E-state index contributed by atoms with van der Waals surface area (Å²) in [4.78, 5) is 0.328. The third-order valence-corrected chi connectivity index (χ3v) is 7.85. The van der Waals surface area contributed by atoms with Crippen LogP contribution in [-0.4, -0.2) is 34.2 Å². The van der Waals surface area contributed by atoms with Crippen molar-refractivity contribution in [3.05, 3.63) is 54.6 Å². The van der Waals surface area contributed by atoms with E-state index in [4.69, 9.17) is 0 Å². The van der Waals surface area contributed by atoms with E-state index in [0.29, 0.717) is 24.7 Å². The smallest absolute Gasteiger partial charge is 0.261 e. The molecular formula is C18H22N2O4S2. The Balaban J connectivity index is 1.76. The van der Waals surface area contributed by atoms with E-state index in [0.717, 1.165) is 12.8 Å². The van der Waals surface area contributed by atoms with Gasteiger partial charge < -0.3 is 0 Å². The highest BCUT2D eigenvalue weighted by Crippen LogP contribution is 2.25. The van der Waals surface area contributed by atoms with Gasteiger partial charge in [0.05, 0.1) is 9.79 Å². The molecule has 0 radical (unpaired) electrons. The van der Waals surface area contributed by atoms with Crippen LogP contribution in [0.5, 0.6) is 0 Å². The van der Waals surface area contributed by atoms with E-state index in [1.165, 1.54) is 40.7 Å². The molecule has 2 aromatic carbocycles. The van der Waals surface area contributed by atoms with E-state index in [-0.39, 0.29) is 9.79 Å². The minimum absolute atomic E-state index is 0.152. The molecule has 0 atom stereocenters. The minimum atomic E-state index is -3.70. The van der Waals surface area contributed by atoms with Crippen molar-refractivity contribution in [1.29, 1.82) is 0 Å². The van der Waals surface area contributed by atoms with Crippen molar-refractivity contribution in [2.45, 2.75) is 29.6 Å². The summed E-state index contributed by atoms with van der Waals surface area (Å²) in [5.41, 5.74) is 0.320. The number of nitrogens with zero attached hydrogens (tertiary/aromatic N) is 1. The van der Waals surface area contributed by atoms with Crippen molar-refractivity contribution >= 4 is 25.7 Å². The van der Waals surface area contributed by atoms with E-state index < -0.39 is 20.0 Å². The highest BCUT2D eigenvalue weighted by atomic mass is 32.2. The lowest BCUT2D eigenvalue weighted by molar-refractivity contribution is 0.288. The Morgan fingerprint density at radius 3 is 2.00 bits per heavy atom. The van der Waals surface area contributed by atoms with Gasteiger partial charge in [-0.2, -0.15) is 4.31 Å². The molecule has 1 aliphatic heterocycles. The third-order valence-electron chi connectivity index (χ3n) is 4.54. The Hall–Kier alpha value is -1.90. The number of anilines is 1. The number of nitrogens with one attached hydrogen (secondary N) is 1. The zero-order chi connectivity index (χ0) is 18.8. The maximum atomic E-state index is 12.7. The van der Waals surface area contributed by atoms with Gasteiger partial charge in [-0.15, -0.1) is 0 Å². The fourth-order valence-electron chi connectivity index (χ4n) is 2.88. The number of sulfonamides is 2. The Morgan fingerprint density at radius 1 is 0.846 bits per heavy atom. The minimum Gasteiger partial charge on any atom is -0.280 e. The molecule has 1 aliphatic rings. The van der Waals surface area contributed by atoms with Gasteiger partial charge in [-0.25, -0.2) is 16.8 Å². The lowest BCUT2D eigenvalue weighted by Crippen LogP contribution is -2.37. The number of piperidine rings is 1. The Bertz CT molecular complexity index is 948. The predicted octanol–water partition coefficient (Wildman–Crippen LogP) is 2.91. The quantitative estimate of drug-likeness (QED) is 0.845. The van der Waals surface area contributed by atoms with Gasteiger partial charge in [0.1, 0.15) is 0 Å². The molecule has 1 N–H and O–H groups in total. The molecule has 6 nitrogen and oxygen atoms in total. The van der Waals surface area contributed by atoms with Crippen LogP contribution in [0.3, 0.4) is 0 Å². The zero-order valence-corrected chi connectivity index (χ0v) is 16.1. The predicted molar refractivity (Wildman–Crippen MR) is 101 cm³/mol. The molecule has 0 unspecified atom stereocenters. The van der Waals surface area contributed by atoms with E-state index in [2.05, 4.69) is 11.6 Å². The molecule has 1 heterocycles. The highest BCUT2D eigenvalue weighted by molar-refractivity contribution is 7.92. The van der Waals surface area contributed by atoms with Gasteiger partial charge in [0, 0.05) is 18.8 Å². The molecule has 1 fully saturated rings. The summed E-state index contributed by atoms with van der Waals surface area (Å²) in [6.07, 6.45) is 1.71. The summed E-state index contributed by atoms with van der Waals surface area (Å²) in [5.74, 6) is 0.538. The van der Waals surface area contributed by atoms with Crippen molar-refractivity contribution in [2.75, 3.05) is 17.8 Å². The second-order valence-corrected chi connectivity index (χ2v) is 10.1. The summed E-state index contributed by atoms with van der Waals surface area (Å²) in [5, 5.41) is 0. The van der Waals surface area contributed by atoms with Crippen molar-refractivity contribution < 1.29 is 16.8 Å². The molecule has 0 spiro atoms. The van der Waals surface area contributed by atoms with Crippen LogP contribution in [0.25, 0.3) is 0 Å². The van der Waals surface area contributed by atoms with Gasteiger partial charge in [0.15, 0.2) is 0 Å². The summed E-state index contributed by atoms with van der Waals surface area (Å²) < 4.78 is 54.0. The average Bonchev–Trinajstić information content (AvgIpc) is 2.63. The summed E-state index contributed by atoms with van der Waals surface area (Å²) in [6, 6.07) is 13.8. The molecule has 0 saturated carbocycles. The van der Waals surface area contributed by atoms with Crippen LogP contribution in [0.15, 0.2) is 64.4 Å². The van der Waals surface area contributed by atoms with Crippen LogP contribution in [-0.2, 0) is 20.0 Å². The molecule has 1 saturated heterocycles. The maximum absolute atomic E-state index is 12.7. The van der Waals surface area contributed by atoms with E-state index in [1.807, 2.05) is 0 Å². The van der Waals surface area contributed by atoms with E-state index in [9.17, 15) is 16.8 Å². The van der Waals surface area contributed by atoms with E-state index >= 15 is 0 Å². The van der Waals surface area contributed by atoms with Crippen molar-refractivity contribution in [1.82, 2.24) is 4.31 Å². The number of rotatable bonds is 5. The molecule has 0 bridgehead atoms. The van der Waals surface area contributed by atoms with Crippen molar-refractivity contribution in [2.24, 2.45) is 5.92 Å². The number of benzene rings is 2. The Kier molecular flexibility index (Phi) is 5.36. The second kappa shape index (κ2) is 7.38. The fourth-order valence-corrected chi connectivity index (χ4v) is 5.43. The highest BCUT2D eigenvalue weighted by Gasteiger charge is 2.28. The normalized spacial score (nSPS) is 17.1. The topological polar surface area (TPSA) is 83.6 Å². The molecule has 2 aromatic rings. The van der Waals surface area contributed by atoms with Crippen LogP contribution >= 0.6 is 0 Å². The number of hydrogen-bond acceptors (Lipinski definition) is 4. The van der Waals surface area contributed by atoms with Gasteiger partial charge in [0.2, 0.25) is 10.0 Å². The lowest BCUT2D eigenvalue weighted by atomic mass is 10.0. The summed E-state index contributed by atoms with van der Waals surface area (Å²) >= 11 is 0. The lowest BCUT2D eigenvalue weighted by Gasteiger charge is -2.29. The summed E-state index contributed by atoms with van der Waals surface area (Å²) in [7, 11) is -7.24. The first kappa shape index (κ1) is 18.9. The summed E-state index contributed by atoms with van der Waals surface area (Å²) in [6.45, 7) is 3.16. The standard InChI is InChI=1S/C18H22N2O4S2/c1-15-11-13-20(14-12-15)26(23,24)18-9-7-16(8-10-18)19-25(21,22)17-5-3-2-4-6-17/h2-10,15,19H,11-14H2,1H3. The third kappa shape index (κ3) is 4.08. The van der Waals surface area contributed by atoms with E-state index in [1.54, 1.807) is 18.2 Å². The SMILES string of the molecule is CC1CCN(S(=O)(=O)c2ccc(NS(=O)(=O)c3ccccc3)cc2)CC1. The van der Waals surface area contributed by atoms with Crippen molar-refractivity contribution in [3.63, 3.8) is 0 Å². The molecule has 8 heteroatoms. The zero-order valence-electron chi connectivity index (χ0n) is 14.5. The molecule has 26 heavy (non-hydrogen) atoms. The first-order chi connectivity index (χ1) is 12.3. The maximum Gasteiger partial charge on any atom is 0.261 e. The van der Waals surface area contributed by atoms with Crippen LogP contribution in [0.4, 0.5) is 5.69 Å². The monoisotopic (exact) mass is 394 g/mol. The van der Waals surface area contributed by atoms with Gasteiger partial charge >= 0.3 is 0 Å². The van der Waals surface area contributed by atoms with Crippen LogP contribution in [0.2, 0.25) is 0 Å². The molecule has 3 rings (SSSR count). The fraction of sp³-hybridized carbons (Fsp3) is 0.333. The van der Waals surface area contributed by atoms with Crippen LogP contribution < -0.4 is 4.72 Å². The van der Waals surface area contributed by atoms with Gasteiger partial charge in [-0.1, -0.05) is 25.1 Å². The molecule has 0 amide bonds. The molecule has 0 aromatic heterocycles. The first-order valence-corrected chi connectivity index (χ1v) is 11.4. The van der Waals surface area contributed by atoms with Crippen LogP contribution in [0, 0.1) is 5.92 Å². The van der Waals surface area contributed by atoms with Crippen molar-refractivity contribution in [3.8, 4) is 0 Å².